The Bertz CT molecular complexity index is 535. The van der Waals surface area contributed by atoms with Gasteiger partial charge in [-0.3, -0.25) is 10.1 Å². The van der Waals surface area contributed by atoms with E-state index in [2.05, 4.69) is 42.2 Å². The first-order valence-corrected chi connectivity index (χ1v) is 6.71. The maximum Gasteiger partial charge on any atom is 0.274 e. The molecule has 1 N–H and O–H groups in total. The summed E-state index contributed by atoms with van der Waals surface area (Å²) in [5.41, 5.74) is 0.582. The Balaban J connectivity index is 2.17. The van der Waals surface area contributed by atoms with Crippen molar-refractivity contribution in [3.63, 3.8) is 0 Å². The molecule has 16 heavy (non-hydrogen) atoms. The largest absolute Gasteiger partial charge is 0.345 e. The molecule has 0 aliphatic heterocycles. The van der Waals surface area contributed by atoms with Gasteiger partial charge in [0.25, 0.3) is 5.91 Å². The highest BCUT2D eigenvalue weighted by Crippen LogP contribution is 2.24. The van der Waals surface area contributed by atoms with Gasteiger partial charge in [-0.2, -0.15) is 0 Å². The number of thiazole rings is 1. The van der Waals surface area contributed by atoms with Crippen molar-refractivity contribution in [1.29, 1.82) is 0 Å². The van der Waals surface area contributed by atoms with Crippen LogP contribution in [0.5, 0.6) is 0 Å². The fraction of sp³-hybridized carbons (Fsp3) is 0.111. The van der Waals surface area contributed by atoms with Crippen LogP contribution in [0.15, 0.2) is 26.7 Å². The number of hydrogen-bond donors (Lipinski definition) is 1. The summed E-state index contributed by atoms with van der Waals surface area (Å²) in [6.07, 6.45) is 3.48. The molecule has 2 rings (SSSR count). The van der Waals surface area contributed by atoms with Gasteiger partial charge >= 0.3 is 0 Å². The molecule has 2 aromatic heterocycles. The molecular formula is C9H7Br2N3OS. The lowest BCUT2D eigenvalue weighted by Crippen LogP contribution is -2.14. The number of nitrogens with zero attached hydrogens (tertiary/aromatic N) is 2. The van der Waals surface area contributed by atoms with Gasteiger partial charge in [0.1, 0.15) is 5.69 Å². The number of anilines is 1. The van der Waals surface area contributed by atoms with Crippen LogP contribution in [0.3, 0.4) is 0 Å². The van der Waals surface area contributed by atoms with Crippen LogP contribution in [-0.2, 0) is 7.05 Å². The molecule has 0 atom stereocenters. The van der Waals surface area contributed by atoms with Crippen molar-refractivity contribution in [2.24, 2.45) is 7.05 Å². The Labute approximate surface area is 113 Å². The Morgan fingerprint density at radius 2 is 2.31 bits per heavy atom. The Morgan fingerprint density at radius 3 is 2.81 bits per heavy atom. The van der Waals surface area contributed by atoms with Crippen molar-refractivity contribution >= 4 is 54.2 Å². The SMILES string of the molecule is Cn1cc(Br)cc1C(=O)Nc1ncc(Br)s1. The number of amides is 1. The smallest absolute Gasteiger partial charge is 0.274 e. The monoisotopic (exact) mass is 363 g/mol. The number of rotatable bonds is 2. The quantitative estimate of drug-likeness (QED) is 0.888. The maximum absolute atomic E-state index is 11.9. The minimum Gasteiger partial charge on any atom is -0.345 e. The molecule has 0 aliphatic carbocycles. The highest BCUT2D eigenvalue weighted by Gasteiger charge is 2.12. The average molecular weight is 365 g/mol. The van der Waals surface area contributed by atoms with Gasteiger partial charge in [0, 0.05) is 17.7 Å². The maximum atomic E-state index is 11.9. The van der Waals surface area contributed by atoms with Crippen LogP contribution in [0, 0.1) is 0 Å². The van der Waals surface area contributed by atoms with E-state index in [1.165, 1.54) is 11.3 Å². The standard InChI is InChI=1S/C9H7Br2N3OS/c1-14-4-5(10)2-6(14)8(15)13-9-12-3-7(11)16-9/h2-4H,1H3,(H,12,13,15). The predicted molar refractivity (Wildman–Crippen MR) is 70.9 cm³/mol. The molecule has 0 aromatic carbocycles. The van der Waals surface area contributed by atoms with E-state index in [4.69, 9.17) is 0 Å². The van der Waals surface area contributed by atoms with Crippen LogP contribution >= 0.6 is 43.2 Å². The third-order valence-electron chi connectivity index (χ3n) is 1.90. The van der Waals surface area contributed by atoms with Gasteiger partial charge in [-0.15, -0.1) is 0 Å². The van der Waals surface area contributed by atoms with E-state index in [0.717, 1.165) is 8.26 Å². The summed E-state index contributed by atoms with van der Waals surface area (Å²) in [5.74, 6) is -0.171. The Kier molecular flexibility index (Phi) is 3.46. The van der Waals surface area contributed by atoms with Crippen LogP contribution in [0.25, 0.3) is 0 Å². The Morgan fingerprint density at radius 1 is 1.56 bits per heavy atom. The second kappa shape index (κ2) is 4.68. The molecular weight excluding hydrogens is 358 g/mol. The zero-order valence-corrected chi connectivity index (χ0v) is 12.2. The number of carbonyl (C=O) groups excluding carboxylic acids is 1. The topological polar surface area (TPSA) is 46.9 Å². The third-order valence-corrected chi connectivity index (χ3v) is 3.73. The highest BCUT2D eigenvalue weighted by molar-refractivity contribution is 9.11. The van der Waals surface area contributed by atoms with Gasteiger partial charge in [0.2, 0.25) is 0 Å². The second-order valence-electron chi connectivity index (χ2n) is 3.08. The zero-order valence-electron chi connectivity index (χ0n) is 8.20. The molecule has 0 fully saturated rings. The van der Waals surface area contributed by atoms with Crippen molar-refractivity contribution in [2.75, 3.05) is 5.32 Å². The minimum absolute atomic E-state index is 0.171. The minimum atomic E-state index is -0.171. The van der Waals surface area contributed by atoms with Crippen molar-refractivity contribution < 1.29 is 4.79 Å². The third kappa shape index (κ3) is 2.53. The van der Waals surface area contributed by atoms with Crippen LogP contribution in [0.1, 0.15) is 10.5 Å². The normalized spacial score (nSPS) is 10.4. The second-order valence-corrected chi connectivity index (χ2v) is 6.40. The Hall–Kier alpha value is -0.660. The first-order valence-electron chi connectivity index (χ1n) is 4.31. The van der Waals surface area contributed by atoms with E-state index in [-0.39, 0.29) is 5.91 Å². The van der Waals surface area contributed by atoms with Gasteiger partial charge < -0.3 is 4.57 Å². The summed E-state index contributed by atoms with van der Waals surface area (Å²) in [6, 6.07) is 1.76. The molecule has 7 heteroatoms. The van der Waals surface area contributed by atoms with E-state index in [1.54, 1.807) is 16.8 Å². The van der Waals surface area contributed by atoms with Gasteiger partial charge in [0.15, 0.2) is 5.13 Å². The zero-order chi connectivity index (χ0) is 11.7. The molecule has 0 saturated carbocycles. The first kappa shape index (κ1) is 11.8. The molecule has 0 saturated heterocycles. The summed E-state index contributed by atoms with van der Waals surface area (Å²) in [6.45, 7) is 0. The van der Waals surface area contributed by atoms with Crippen LogP contribution < -0.4 is 5.32 Å². The number of halogens is 2. The number of aryl methyl sites for hydroxylation is 1. The fourth-order valence-corrected chi connectivity index (χ4v) is 2.85. The molecule has 84 valence electrons. The summed E-state index contributed by atoms with van der Waals surface area (Å²) in [7, 11) is 1.82. The van der Waals surface area contributed by atoms with Gasteiger partial charge in [-0.05, 0) is 37.9 Å². The number of hydrogen-bond acceptors (Lipinski definition) is 3. The lowest BCUT2D eigenvalue weighted by Gasteiger charge is -2.01. The summed E-state index contributed by atoms with van der Waals surface area (Å²) in [5, 5.41) is 3.31. The molecule has 2 heterocycles. The molecule has 1 amide bonds. The van der Waals surface area contributed by atoms with E-state index < -0.39 is 0 Å². The first-order chi connectivity index (χ1) is 7.56. The van der Waals surface area contributed by atoms with Gasteiger partial charge in [0.05, 0.1) is 9.98 Å². The summed E-state index contributed by atoms with van der Waals surface area (Å²) >= 11 is 7.98. The van der Waals surface area contributed by atoms with E-state index >= 15 is 0 Å². The molecule has 4 nitrogen and oxygen atoms in total. The van der Waals surface area contributed by atoms with E-state index in [9.17, 15) is 4.79 Å². The molecule has 0 aliphatic rings. The molecule has 0 unspecified atom stereocenters. The van der Waals surface area contributed by atoms with Gasteiger partial charge in [-0.1, -0.05) is 11.3 Å². The summed E-state index contributed by atoms with van der Waals surface area (Å²) in [4.78, 5) is 15.9. The predicted octanol–water partition coefficient (Wildman–Crippen LogP) is 3.26. The number of carbonyl (C=O) groups is 1. The van der Waals surface area contributed by atoms with Crippen LogP contribution in [0.4, 0.5) is 5.13 Å². The lowest BCUT2D eigenvalue weighted by molar-refractivity contribution is 0.101. The van der Waals surface area contributed by atoms with E-state index in [1.807, 2.05) is 13.2 Å². The molecule has 2 aromatic rings. The lowest BCUT2D eigenvalue weighted by atomic mass is 10.4. The summed E-state index contributed by atoms with van der Waals surface area (Å²) < 4.78 is 3.51. The number of aromatic nitrogens is 2. The molecule has 0 bridgehead atoms. The van der Waals surface area contributed by atoms with Crippen LogP contribution in [-0.4, -0.2) is 15.5 Å². The van der Waals surface area contributed by atoms with E-state index in [0.29, 0.717) is 10.8 Å². The van der Waals surface area contributed by atoms with Crippen LogP contribution in [0.2, 0.25) is 0 Å². The van der Waals surface area contributed by atoms with Crippen molar-refractivity contribution in [3.8, 4) is 0 Å². The van der Waals surface area contributed by atoms with Crippen molar-refractivity contribution in [3.05, 3.63) is 32.4 Å². The fourth-order valence-electron chi connectivity index (χ4n) is 1.22. The highest BCUT2D eigenvalue weighted by atomic mass is 79.9. The number of nitrogens with one attached hydrogen (secondary N) is 1. The van der Waals surface area contributed by atoms with Crippen molar-refractivity contribution in [1.82, 2.24) is 9.55 Å². The molecule has 0 radical (unpaired) electrons. The van der Waals surface area contributed by atoms with Gasteiger partial charge in [-0.25, -0.2) is 4.98 Å². The molecule has 0 spiro atoms. The average Bonchev–Trinajstić information content (AvgIpc) is 2.73. The van der Waals surface area contributed by atoms with Crippen molar-refractivity contribution in [2.45, 2.75) is 0 Å².